The second-order valence-electron chi connectivity index (χ2n) is 3.19. The minimum Gasteiger partial charge on any atom is -0.384 e. The van der Waals surface area contributed by atoms with Gasteiger partial charge >= 0.3 is 0 Å². The maximum Gasteiger partial charge on any atom is 0.123 e. The Morgan fingerprint density at radius 3 is 2.31 bits per heavy atom. The molecule has 0 bridgehead atoms. The van der Waals surface area contributed by atoms with E-state index in [9.17, 15) is 0 Å². The third-order valence-electron chi connectivity index (χ3n) is 2.02. The molecule has 3 N–H and O–H groups in total. The Bertz CT molecular complexity index is 477. The number of nitrogens with zero attached hydrogens (tertiary/aromatic N) is 1. The lowest BCUT2D eigenvalue weighted by molar-refractivity contribution is 1.33. The summed E-state index contributed by atoms with van der Waals surface area (Å²) in [6.07, 6.45) is 1.62. The lowest BCUT2D eigenvalue weighted by atomic mass is 10.3. The van der Waals surface area contributed by atoms with Crippen molar-refractivity contribution in [1.29, 1.82) is 0 Å². The highest BCUT2D eigenvalue weighted by atomic mass is 35.5. The largest absolute Gasteiger partial charge is 0.384 e. The molecule has 0 atom stereocenters. The lowest BCUT2D eigenvalue weighted by Crippen LogP contribution is -1.95. The van der Waals surface area contributed by atoms with Gasteiger partial charge in [-0.25, -0.2) is 4.98 Å². The zero-order valence-corrected chi connectivity index (χ0v) is 9.76. The Kier molecular flexibility index (Phi) is 3.17. The maximum absolute atomic E-state index is 6.02. The van der Waals surface area contributed by atoms with E-state index in [1.807, 2.05) is 6.07 Å². The molecule has 2 aromatic rings. The van der Waals surface area contributed by atoms with Crippen LogP contribution in [0.3, 0.4) is 0 Å². The number of hydrogen-bond acceptors (Lipinski definition) is 3. The molecule has 82 valence electrons. The molecule has 0 saturated carbocycles. The third kappa shape index (κ3) is 2.38. The smallest absolute Gasteiger partial charge is 0.123 e. The van der Waals surface area contributed by atoms with Gasteiger partial charge in [-0.15, -0.1) is 0 Å². The quantitative estimate of drug-likeness (QED) is 0.858. The minimum absolute atomic E-state index is 0.468. The number of benzene rings is 1. The molecule has 0 spiro atoms. The molecule has 5 heteroatoms. The van der Waals surface area contributed by atoms with Gasteiger partial charge in [-0.1, -0.05) is 29.3 Å². The highest BCUT2D eigenvalue weighted by Crippen LogP contribution is 2.32. The van der Waals surface area contributed by atoms with Crippen molar-refractivity contribution in [2.45, 2.75) is 0 Å². The van der Waals surface area contributed by atoms with Crippen molar-refractivity contribution in [1.82, 2.24) is 4.98 Å². The van der Waals surface area contributed by atoms with Crippen LogP contribution in [-0.2, 0) is 0 Å². The van der Waals surface area contributed by atoms with Crippen LogP contribution in [-0.4, -0.2) is 4.98 Å². The van der Waals surface area contributed by atoms with Gasteiger partial charge < -0.3 is 11.1 Å². The summed E-state index contributed by atoms with van der Waals surface area (Å²) in [5, 5.41) is 4.20. The molecule has 1 aromatic heterocycles. The Morgan fingerprint density at radius 2 is 1.75 bits per heavy atom. The fraction of sp³-hybridized carbons (Fsp3) is 0. The normalized spacial score (nSPS) is 10.1. The summed E-state index contributed by atoms with van der Waals surface area (Å²) in [4.78, 5) is 3.96. The molecule has 0 aliphatic heterocycles. The molecule has 0 unspecified atom stereocenters. The van der Waals surface area contributed by atoms with Crippen LogP contribution in [0.4, 0.5) is 17.2 Å². The average molecular weight is 254 g/mol. The molecule has 16 heavy (non-hydrogen) atoms. The van der Waals surface area contributed by atoms with Gasteiger partial charge in [0.2, 0.25) is 0 Å². The van der Waals surface area contributed by atoms with Crippen molar-refractivity contribution in [2.24, 2.45) is 0 Å². The summed E-state index contributed by atoms with van der Waals surface area (Å²) in [5.41, 5.74) is 6.93. The summed E-state index contributed by atoms with van der Waals surface area (Å²) in [6, 6.07) is 8.83. The second-order valence-corrected chi connectivity index (χ2v) is 4.01. The predicted molar refractivity (Wildman–Crippen MR) is 68.4 cm³/mol. The molecule has 2 rings (SSSR count). The van der Waals surface area contributed by atoms with Crippen LogP contribution in [0.5, 0.6) is 0 Å². The number of para-hydroxylation sites is 1. The minimum atomic E-state index is 0.468. The molecule has 0 radical (unpaired) electrons. The zero-order valence-electron chi connectivity index (χ0n) is 8.24. The van der Waals surface area contributed by atoms with E-state index in [1.54, 1.807) is 30.5 Å². The molecule has 0 saturated heterocycles. The van der Waals surface area contributed by atoms with E-state index in [0.29, 0.717) is 21.6 Å². The van der Waals surface area contributed by atoms with Crippen LogP contribution in [0.25, 0.3) is 0 Å². The first-order valence-electron chi connectivity index (χ1n) is 4.59. The van der Waals surface area contributed by atoms with Gasteiger partial charge in [0.25, 0.3) is 0 Å². The molecule has 1 heterocycles. The zero-order chi connectivity index (χ0) is 11.5. The Hall–Kier alpha value is -1.45. The number of aromatic nitrogens is 1. The number of pyridine rings is 1. The standard InChI is InChI=1S/C11H9Cl2N3/c12-8-2-1-3-9(13)11(8)16-7-4-5-10(14)15-6-7/h1-6,16H,(H2,14,15). The van der Waals surface area contributed by atoms with E-state index in [1.165, 1.54) is 0 Å². The van der Waals surface area contributed by atoms with Crippen molar-refractivity contribution in [3.8, 4) is 0 Å². The summed E-state index contributed by atoms with van der Waals surface area (Å²) in [5.74, 6) is 0.468. The fourth-order valence-corrected chi connectivity index (χ4v) is 1.73. The number of anilines is 3. The number of hydrogen-bond donors (Lipinski definition) is 2. The van der Waals surface area contributed by atoms with Gasteiger partial charge in [-0.3, -0.25) is 0 Å². The number of nitrogens with one attached hydrogen (secondary N) is 1. The lowest BCUT2D eigenvalue weighted by Gasteiger charge is -2.09. The van der Waals surface area contributed by atoms with E-state index < -0.39 is 0 Å². The van der Waals surface area contributed by atoms with Crippen LogP contribution < -0.4 is 11.1 Å². The van der Waals surface area contributed by atoms with Crippen molar-refractivity contribution in [2.75, 3.05) is 11.1 Å². The summed E-state index contributed by atoms with van der Waals surface area (Å²) >= 11 is 12.0. The first-order chi connectivity index (χ1) is 7.66. The molecule has 0 aliphatic carbocycles. The summed E-state index contributed by atoms with van der Waals surface area (Å²) in [6.45, 7) is 0. The number of nitrogen functional groups attached to an aromatic ring is 1. The SMILES string of the molecule is Nc1ccc(Nc2c(Cl)cccc2Cl)cn1. The number of nitrogens with two attached hydrogens (primary N) is 1. The van der Waals surface area contributed by atoms with Gasteiger partial charge in [0.1, 0.15) is 5.82 Å². The Balaban J connectivity index is 2.30. The van der Waals surface area contributed by atoms with Crippen LogP contribution in [0, 0.1) is 0 Å². The Labute approximate surface area is 103 Å². The van der Waals surface area contributed by atoms with Gasteiger partial charge in [0, 0.05) is 0 Å². The van der Waals surface area contributed by atoms with E-state index in [0.717, 1.165) is 5.69 Å². The highest BCUT2D eigenvalue weighted by molar-refractivity contribution is 6.39. The monoisotopic (exact) mass is 253 g/mol. The van der Waals surface area contributed by atoms with Gasteiger partial charge in [-0.2, -0.15) is 0 Å². The average Bonchev–Trinajstić information content (AvgIpc) is 2.26. The van der Waals surface area contributed by atoms with Gasteiger partial charge in [0.15, 0.2) is 0 Å². The molecule has 0 fully saturated rings. The predicted octanol–water partition coefficient (Wildman–Crippen LogP) is 3.71. The molecule has 3 nitrogen and oxygen atoms in total. The molecule has 0 aliphatic rings. The van der Waals surface area contributed by atoms with Crippen molar-refractivity contribution >= 4 is 40.4 Å². The van der Waals surface area contributed by atoms with Crippen LogP contribution >= 0.6 is 23.2 Å². The molecular weight excluding hydrogens is 245 g/mol. The van der Waals surface area contributed by atoms with Crippen molar-refractivity contribution in [3.63, 3.8) is 0 Å². The van der Waals surface area contributed by atoms with Crippen molar-refractivity contribution in [3.05, 3.63) is 46.6 Å². The molecular formula is C11H9Cl2N3. The molecule has 0 amide bonds. The van der Waals surface area contributed by atoms with E-state index in [-0.39, 0.29) is 0 Å². The Morgan fingerprint density at radius 1 is 1.06 bits per heavy atom. The first-order valence-corrected chi connectivity index (χ1v) is 5.35. The van der Waals surface area contributed by atoms with Gasteiger partial charge in [0.05, 0.1) is 27.6 Å². The second kappa shape index (κ2) is 4.60. The number of halogens is 2. The molecule has 1 aromatic carbocycles. The van der Waals surface area contributed by atoms with E-state index >= 15 is 0 Å². The van der Waals surface area contributed by atoms with Crippen molar-refractivity contribution < 1.29 is 0 Å². The van der Waals surface area contributed by atoms with Crippen LogP contribution in [0.15, 0.2) is 36.5 Å². The maximum atomic E-state index is 6.02. The van der Waals surface area contributed by atoms with E-state index in [4.69, 9.17) is 28.9 Å². The summed E-state index contributed by atoms with van der Waals surface area (Å²) in [7, 11) is 0. The van der Waals surface area contributed by atoms with Crippen LogP contribution in [0.1, 0.15) is 0 Å². The van der Waals surface area contributed by atoms with E-state index in [2.05, 4.69) is 10.3 Å². The highest BCUT2D eigenvalue weighted by Gasteiger charge is 2.05. The first kappa shape index (κ1) is 11.0. The number of rotatable bonds is 2. The third-order valence-corrected chi connectivity index (χ3v) is 2.65. The van der Waals surface area contributed by atoms with Crippen LogP contribution in [0.2, 0.25) is 10.0 Å². The topological polar surface area (TPSA) is 50.9 Å². The summed E-state index contributed by atoms with van der Waals surface area (Å²) < 4.78 is 0. The van der Waals surface area contributed by atoms with Gasteiger partial charge in [-0.05, 0) is 24.3 Å². The fourth-order valence-electron chi connectivity index (χ4n) is 1.24.